The Morgan fingerprint density at radius 2 is 2.38 bits per heavy atom. The molecule has 0 bridgehead atoms. The van der Waals surface area contributed by atoms with Crippen LogP contribution in [0.5, 0.6) is 0 Å². The van der Waals surface area contributed by atoms with Crippen LogP contribution in [0.3, 0.4) is 0 Å². The van der Waals surface area contributed by atoms with E-state index < -0.39 is 0 Å². The van der Waals surface area contributed by atoms with Gasteiger partial charge in [0.05, 0.1) is 12.7 Å². The molecule has 0 saturated carbocycles. The lowest BCUT2D eigenvalue weighted by molar-refractivity contribution is 0.0463. The van der Waals surface area contributed by atoms with Crippen LogP contribution in [-0.2, 0) is 17.7 Å². The highest BCUT2D eigenvalue weighted by atomic mass is 32.2. The fourth-order valence-corrected chi connectivity index (χ4v) is 3.49. The van der Waals surface area contributed by atoms with Gasteiger partial charge >= 0.3 is 0 Å². The first-order valence-corrected chi connectivity index (χ1v) is 9.15. The van der Waals surface area contributed by atoms with Crippen LogP contribution in [0.4, 0.5) is 0 Å². The van der Waals surface area contributed by atoms with Crippen molar-refractivity contribution in [1.82, 2.24) is 20.1 Å². The van der Waals surface area contributed by atoms with Crippen molar-refractivity contribution in [2.24, 2.45) is 5.92 Å². The highest BCUT2D eigenvalue weighted by Gasteiger charge is 2.26. The molecule has 0 amide bonds. The predicted molar refractivity (Wildman–Crippen MR) is 87.7 cm³/mol. The van der Waals surface area contributed by atoms with E-state index in [0.29, 0.717) is 12.0 Å². The molecule has 1 aliphatic heterocycles. The molecule has 1 saturated heterocycles. The summed E-state index contributed by atoms with van der Waals surface area (Å²) in [5.41, 5.74) is 0. The minimum atomic E-state index is 0.277. The van der Waals surface area contributed by atoms with E-state index >= 15 is 0 Å². The molecule has 0 radical (unpaired) electrons. The maximum absolute atomic E-state index is 5.97. The highest BCUT2D eigenvalue weighted by Crippen LogP contribution is 2.18. The second-order valence-electron chi connectivity index (χ2n) is 6.00. The van der Waals surface area contributed by atoms with Gasteiger partial charge < -0.3 is 10.1 Å². The van der Waals surface area contributed by atoms with Crippen molar-refractivity contribution >= 4 is 11.8 Å². The molecule has 5 nitrogen and oxygen atoms in total. The van der Waals surface area contributed by atoms with Crippen LogP contribution in [0.2, 0.25) is 0 Å². The van der Waals surface area contributed by atoms with Crippen molar-refractivity contribution < 1.29 is 4.74 Å². The number of nitrogens with zero attached hydrogens (tertiary/aromatic N) is 3. The van der Waals surface area contributed by atoms with Crippen molar-refractivity contribution in [3.05, 3.63) is 12.2 Å². The van der Waals surface area contributed by atoms with Gasteiger partial charge in [-0.05, 0) is 18.9 Å². The predicted octanol–water partition coefficient (Wildman–Crippen LogP) is 1.98. The molecule has 0 aromatic carbocycles. The lowest BCUT2D eigenvalue weighted by atomic mass is 10.1. The Morgan fingerprint density at radius 1 is 1.52 bits per heavy atom. The summed E-state index contributed by atoms with van der Waals surface area (Å²) >= 11 is 1.98. The van der Waals surface area contributed by atoms with Gasteiger partial charge in [0.2, 0.25) is 0 Å². The number of ether oxygens (including phenoxy) is 1. The molecule has 1 aromatic heterocycles. The molecular weight excluding hydrogens is 284 g/mol. The maximum atomic E-state index is 5.97. The van der Waals surface area contributed by atoms with Crippen LogP contribution in [-0.4, -0.2) is 51.6 Å². The van der Waals surface area contributed by atoms with Gasteiger partial charge in [0, 0.05) is 30.5 Å². The third-order valence-electron chi connectivity index (χ3n) is 3.58. The second-order valence-corrected chi connectivity index (χ2v) is 7.15. The number of hydrogen-bond acceptors (Lipinski definition) is 5. The van der Waals surface area contributed by atoms with E-state index in [0.717, 1.165) is 49.9 Å². The van der Waals surface area contributed by atoms with Gasteiger partial charge in [-0.3, -0.25) is 0 Å². The zero-order valence-corrected chi connectivity index (χ0v) is 14.2. The number of thioether (sulfide) groups is 1. The third kappa shape index (κ3) is 5.27. The van der Waals surface area contributed by atoms with Crippen LogP contribution in [0.15, 0.2) is 6.33 Å². The Balaban J connectivity index is 2.01. The van der Waals surface area contributed by atoms with E-state index in [-0.39, 0.29) is 6.10 Å². The van der Waals surface area contributed by atoms with Crippen LogP contribution >= 0.6 is 11.8 Å². The number of hydrogen-bond donors (Lipinski definition) is 1. The quantitative estimate of drug-likeness (QED) is 0.795. The van der Waals surface area contributed by atoms with E-state index in [1.54, 1.807) is 6.33 Å². The van der Waals surface area contributed by atoms with Crippen molar-refractivity contribution in [2.75, 3.05) is 24.7 Å². The molecule has 2 unspecified atom stereocenters. The van der Waals surface area contributed by atoms with E-state index in [1.165, 1.54) is 0 Å². The monoisotopic (exact) mass is 312 g/mol. The molecule has 0 spiro atoms. The molecule has 6 heteroatoms. The lowest BCUT2D eigenvalue weighted by Gasteiger charge is -2.31. The molecule has 21 heavy (non-hydrogen) atoms. The van der Waals surface area contributed by atoms with Gasteiger partial charge in [-0.2, -0.15) is 16.9 Å². The summed E-state index contributed by atoms with van der Waals surface area (Å²) in [7, 11) is 0. The molecule has 2 atom stereocenters. The van der Waals surface area contributed by atoms with Gasteiger partial charge in [-0.1, -0.05) is 20.8 Å². The van der Waals surface area contributed by atoms with Crippen LogP contribution in [0.25, 0.3) is 0 Å². The topological polar surface area (TPSA) is 52.0 Å². The van der Waals surface area contributed by atoms with Crippen LogP contribution in [0.1, 0.15) is 33.0 Å². The fourth-order valence-electron chi connectivity index (χ4n) is 2.54. The van der Waals surface area contributed by atoms with E-state index in [2.05, 4.69) is 36.2 Å². The Morgan fingerprint density at radius 3 is 3.05 bits per heavy atom. The number of rotatable bonds is 8. The summed E-state index contributed by atoms with van der Waals surface area (Å²) < 4.78 is 8.01. The van der Waals surface area contributed by atoms with Crippen molar-refractivity contribution in [2.45, 2.75) is 52.3 Å². The average molecular weight is 312 g/mol. The minimum Gasteiger partial charge on any atom is -0.375 e. The van der Waals surface area contributed by atoms with Gasteiger partial charge in [0.1, 0.15) is 12.2 Å². The lowest BCUT2D eigenvalue weighted by Crippen LogP contribution is -2.47. The van der Waals surface area contributed by atoms with Gasteiger partial charge in [0.25, 0.3) is 0 Å². The van der Waals surface area contributed by atoms with Crippen molar-refractivity contribution in [3.8, 4) is 0 Å². The molecule has 1 N–H and O–H groups in total. The summed E-state index contributed by atoms with van der Waals surface area (Å²) in [6.45, 7) is 9.42. The Labute approximate surface area is 132 Å². The zero-order valence-electron chi connectivity index (χ0n) is 13.4. The van der Waals surface area contributed by atoms with Crippen LogP contribution < -0.4 is 5.32 Å². The average Bonchev–Trinajstić information content (AvgIpc) is 2.90. The molecule has 0 aliphatic carbocycles. The van der Waals surface area contributed by atoms with Gasteiger partial charge in [-0.15, -0.1) is 0 Å². The normalized spacial score (nSPS) is 20.9. The first kappa shape index (κ1) is 16.8. The largest absolute Gasteiger partial charge is 0.375 e. The van der Waals surface area contributed by atoms with Crippen molar-refractivity contribution in [1.29, 1.82) is 0 Å². The highest BCUT2D eigenvalue weighted by molar-refractivity contribution is 7.99. The molecular formula is C15H28N4OS. The minimum absolute atomic E-state index is 0.277. The first-order chi connectivity index (χ1) is 10.2. The molecule has 1 aromatic rings. The maximum Gasteiger partial charge on any atom is 0.138 e. The van der Waals surface area contributed by atoms with Gasteiger partial charge in [0.15, 0.2) is 0 Å². The molecule has 2 rings (SSSR count). The van der Waals surface area contributed by atoms with Gasteiger partial charge in [-0.25, -0.2) is 9.67 Å². The SMILES string of the molecule is CCCNC(Cc1ncnn1CC(C)C)C1CSCCO1. The van der Waals surface area contributed by atoms with Crippen molar-refractivity contribution in [3.63, 3.8) is 0 Å². The Kier molecular flexibility index (Phi) is 6.99. The summed E-state index contributed by atoms with van der Waals surface area (Å²) in [5, 5.41) is 8.01. The van der Waals surface area contributed by atoms with Crippen LogP contribution in [0, 0.1) is 5.92 Å². The molecule has 2 heterocycles. The fraction of sp³-hybridized carbons (Fsp3) is 0.867. The molecule has 1 fully saturated rings. The Bertz CT molecular complexity index is 404. The van der Waals surface area contributed by atoms with E-state index in [4.69, 9.17) is 4.74 Å². The summed E-state index contributed by atoms with van der Waals surface area (Å²) in [6.07, 6.45) is 3.97. The molecule has 1 aliphatic rings. The number of aromatic nitrogens is 3. The van der Waals surface area contributed by atoms with E-state index in [1.807, 2.05) is 16.4 Å². The summed E-state index contributed by atoms with van der Waals surface area (Å²) in [6, 6.07) is 0.327. The second kappa shape index (κ2) is 8.76. The zero-order chi connectivity index (χ0) is 15.1. The van der Waals surface area contributed by atoms with E-state index in [9.17, 15) is 0 Å². The Hall–Kier alpha value is -0.590. The summed E-state index contributed by atoms with van der Waals surface area (Å²) in [5.74, 6) is 3.82. The first-order valence-electron chi connectivity index (χ1n) is 8.00. The smallest absolute Gasteiger partial charge is 0.138 e. The number of nitrogens with one attached hydrogen (secondary N) is 1. The standard InChI is InChI=1S/C15H28N4OS/c1-4-5-16-13(14-10-21-7-6-20-14)8-15-17-11-18-19(15)9-12(2)3/h11-14,16H,4-10H2,1-3H3. The summed E-state index contributed by atoms with van der Waals surface area (Å²) in [4.78, 5) is 4.46. The molecule has 120 valence electrons. The third-order valence-corrected chi connectivity index (χ3v) is 4.60.